The minimum absolute atomic E-state index is 1.38. The smallest absolute Gasteiger partial charge is 0.379 e. The van der Waals surface area contributed by atoms with Gasteiger partial charge in [-0.05, 0) is 0 Å². The lowest BCUT2D eigenvalue weighted by atomic mass is 11.0. The number of hydrogen-bond acceptors (Lipinski definition) is 2. The lowest BCUT2D eigenvalue weighted by Gasteiger charge is -1.65. The standard InChI is InChI=1S/C3H3NO.CHF3/c1-2-5-3-4-1;2-1(3)4/h1-3H;1H. The van der Waals surface area contributed by atoms with Crippen LogP contribution in [0.5, 0.6) is 0 Å². The van der Waals surface area contributed by atoms with Crippen molar-refractivity contribution in [2.75, 3.05) is 0 Å². The molecule has 0 saturated carbocycles. The number of rotatable bonds is 0. The molecule has 9 heavy (non-hydrogen) atoms. The second-order valence-electron chi connectivity index (χ2n) is 0.923. The zero-order chi connectivity index (χ0) is 7.11. The Balaban J connectivity index is 0.000000148. The van der Waals surface area contributed by atoms with Crippen LogP contribution < -0.4 is 0 Å². The van der Waals surface area contributed by atoms with Crippen LogP contribution in [0.2, 0.25) is 0 Å². The van der Waals surface area contributed by atoms with Crippen molar-refractivity contribution in [3.63, 3.8) is 0 Å². The summed E-state index contributed by atoms with van der Waals surface area (Å²) in [5, 5.41) is 0. The summed E-state index contributed by atoms with van der Waals surface area (Å²) in [5.74, 6) is 0. The predicted molar refractivity (Wildman–Crippen MR) is 23.6 cm³/mol. The van der Waals surface area contributed by atoms with E-state index < -0.39 is 6.68 Å². The number of aromatic nitrogens is 1. The molecule has 0 amide bonds. The summed E-state index contributed by atoms with van der Waals surface area (Å²) in [6.45, 7) is -3.67. The first-order valence-electron chi connectivity index (χ1n) is 1.98. The van der Waals surface area contributed by atoms with Gasteiger partial charge < -0.3 is 4.42 Å². The van der Waals surface area contributed by atoms with Crippen LogP contribution >= 0.6 is 0 Å². The van der Waals surface area contributed by atoms with Crippen molar-refractivity contribution in [1.82, 2.24) is 4.98 Å². The summed E-state index contributed by atoms with van der Waals surface area (Å²) in [7, 11) is 0. The number of hydrogen-bond donors (Lipinski definition) is 0. The van der Waals surface area contributed by atoms with Gasteiger partial charge in [0.2, 0.25) is 0 Å². The van der Waals surface area contributed by atoms with E-state index in [9.17, 15) is 13.2 Å². The van der Waals surface area contributed by atoms with Crippen molar-refractivity contribution >= 4 is 0 Å². The molecule has 0 radical (unpaired) electrons. The summed E-state index contributed by atoms with van der Waals surface area (Å²) < 4.78 is 33.5. The average molecular weight is 139 g/mol. The van der Waals surface area contributed by atoms with E-state index in [1.54, 1.807) is 6.20 Å². The molecule has 0 fully saturated rings. The van der Waals surface area contributed by atoms with Gasteiger partial charge in [-0.1, -0.05) is 0 Å². The molecule has 2 nitrogen and oxygen atoms in total. The van der Waals surface area contributed by atoms with E-state index in [0.29, 0.717) is 0 Å². The first-order valence-corrected chi connectivity index (χ1v) is 1.98. The molecule has 1 aromatic rings. The topological polar surface area (TPSA) is 26.0 Å². The Labute approximate surface area is 49.3 Å². The molecule has 0 atom stereocenters. The lowest BCUT2D eigenvalue weighted by Crippen LogP contribution is -1.65. The predicted octanol–water partition coefficient (Wildman–Crippen LogP) is 1.85. The summed E-state index contributed by atoms with van der Waals surface area (Å²) in [6, 6.07) is 0. The Bertz CT molecular complexity index is 99.4. The van der Waals surface area contributed by atoms with Gasteiger partial charge in [0, 0.05) is 0 Å². The van der Waals surface area contributed by atoms with Crippen LogP contribution in [0.25, 0.3) is 0 Å². The van der Waals surface area contributed by atoms with Crippen molar-refractivity contribution in [3.05, 3.63) is 18.9 Å². The van der Waals surface area contributed by atoms with Crippen molar-refractivity contribution in [2.45, 2.75) is 6.68 Å². The molecule has 0 bridgehead atoms. The molecule has 0 saturated heterocycles. The van der Waals surface area contributed by atoms with Crippen LogP contribution in [0.1, 0.15) is 0 Å². The Morgan fingerprint density at radius 2 is 1.89 bits per heavy atom. The van der Waals surface area contributed by atoms with Crippen molar-refractivity contribution < 1.29 is 17.6 Å². The van der Waals surface area contributed by atoms with Crippen LogP contribution in [-0.2, 0) is 0 Å². The summed E-state index contributed by atoms with van der Waals surface area (Å²) >= 11 is 0. The van der Waals surface area contributed by atoms with Gasteiger partial charge in [0.05, 0.1) is 6.20 Å². The highest BCUT2D eigenvalue weighted by molar-refractivity contribution is 4.56. The van der Waals surface area contributed by atoms with E-state index in [-0.39, 0.29) is 0 Å². The third-order valence-electron chi connectivity index (χ3n) is 0.347. The normalized spacial score (nSPS) is 8.44. The molecule has 0 aliphatic carbocycles. The summed E-state index contributed by atoms with van der Waals surface area (Å²) in [6.07, 6.45) is 4.47. The van der Waals surface area contributed by atoms with Gasteiger partial charge in [0.25, 0.3) is 0 Å². The number of alkyl halides is 3. The molecule has 0 spiro atoms. The molecule has 1 aromatic heterocycles. The Hall–Kier alpha value is -1.00. The maximum atomic E-state index is 9.67. The van der Waals surface area contributed by atoms with Gasteiger partial charge in [-0.2, -0.15) is 13.2 Å². The molecule has 1 heterocycles. The van der Waals surface area contributed by atoms with Crippen LogP contribution in [0.15, 0.2) is 23.3 Å². The number of oxazole rings is 1. The van der Waals surface area contributed by atoms with Gasteiger partial charge in [-0.15, -0.1) is 0 Å². The van der Waals surface area contributed by atoms with Crippen LogP contribution in [0.3, 0.4) is 0 Å². The molecule has 0 aliphatic heterocycles. The quantitative estimate of drug-likeness (QED) is 0.548. The average Bonchev–Trinajstić information content (AvgIpc) is 2.11. The van der Waals surface area contributed by atoms with E-state index in [1.165, 1.54) is 12.7 Å². The maximum absolute atomic E-state index is 9.67. The molecule has 0 aliphatic rings. The molecule has 5 heteroatoms. The SMILES string of the molecule is FC(F)F.c1cocn1. The maximum Gasteiger partial charge on any atom is 0.379 e. The molecule has 1 rings (SSSR count). The van der Waals surface area contributed by atoms with Crippen molar-refractivity contribution in [3.8, 4) is 0 Å². The van der Waals surface area contributed by atoms with E-state index in [1.807, 2.05) is 0 Å². The zero-order valence-electron chi connectivity index (χ0n) is 4.30. The third kappa shape index (κ3) is 10.9. The molecule has 0 aromatic carbocycles. The monoisotopic (exact) mass is 139 g/mol. The zero-order valence-corrected chi connectivity index (χ0v) is 4.30. The molecular formula is C4H4F3NO. The molecular weight excluding hydrogens is 135 g/mol. The van der Waals surface area contributed by atoms with Gasteiger partial charge in [0.15, 0.2) is 6.39 Å². The Kier molecular flexibility index (Phi) is 4.57. The minimum atomic E-state index is -3.67. The summed E-state index contributed by atoms with van der Waals surface area (Å²) in [4.78, 5) is 3.56. The van der Waals surface area contributed by atoms with Crippen LogP contribution in [-0.4, -0.2) is 11.7 Å². The fraction of sp³-hybridized carbons (Fsp3) is 0.250. The van der Waals surface area contributed by atoms with Gasteiger partial charge in [-0.25, -0.2) is 4.98 Å². The first kappa shape index (κ1) is 8.00. The second-order valence-corrected chi connectivity index (χ2v) is 0.923. The van der Waals surface area contributed by atoms with Crippen molar-refractivity contribution in [1.29, 1.82) is 0 Å². The Morgan fingerprint density at radius 1 is 1.33 bits per heavy atom. The van der Waals surface area contributed by atoms with Crippen LogP contribution in [0.4, 0.5) is 13.2 Å². The fourth-order valence-electron chi connectivity index (χ4n) is 0.176. The largest absolute Gasteiger partial charge is 0.452 e. The number of nitrogens with zero attached hydrogens (tertiary/aromatic N) is 1. The highest BCUT2D eigenvalue weighted by Crippen LogP contribution is 1.87. The van der Waals surface area contributed by atoms with E-state index in [4.69, 9.17) is 0 Å². The van der Waals surface area contributed by atoms with E-state index >= 15 is 0 Å². The van der Waals surface area contributed by atoms with E-state index in [0.717, 1.165) is 0 Å². The van der Waals surface area contributed by atoms with Gasteiger partial charge in [0.1, 0.15) is 6.26 Å². The highest BCUT2D eigenvalue weighted by Gasteiger charge is 1.86. The third-order valence-corrected chi connectivity index (χ3v) is 0.347. The lowest BCUT2D eigenvalue weighted by molar-refractivity contribution is 0.00819. The number of halogens is 3. The minimum Gasteiger partial charge on any atom is -0.452 e. The molecule has 0 unspecified atom stereocenters. The molecule has 52 valence electrons. The van der Waals surface area contributed by atoms with E-state index in [2.05, 4.69) is 9.40 Å². The second kappa shape index (κ2) is 5.14. The fourth-order valence-corrected chi connectivity index (χ4v) is 0.176. The highest BCUT2D eigenvalue weighted by atomic mass is 19.4. The molecule has 0 N–H and O–H groups in total. The van der Waals surface area contributed by atoms with Crippen molar-refractivity contribution in [2.24, 2.45) is 0 Å². The van der Waals surface area contributed by atoms with Gasteiger partial charge >= 0.3 is 6.68 Å². The summed E-state index contributed by atoms with van der Waals surface area (Å²) in [5.41, 5.74) is 0. The first-order chi connectivity index (χ1) is 4.23. The van der Waals surface area contributed by atoms with Gasteiger partial charge in [-0.3, -0.25) is 0 Å². The Morgan fingerprint density at radius 3 is 2.00 bits per heavy atom. The van der Waals surface area contributed by atoms with Crippen LogP contribution in [0, 0.1) is 0 Å².